The summed E-state index contributed by atoms with van der Waals surface area (Å²) in [5, 5.41) is 3.14. The summed E-state index contributed by atoms with van der Waals surface area (Å²) in [5.41, 5.74) is 0.142. The number of piperidine rings is 1. The largest absolute Gasteiger partial charge is 0.416 e. The van der Waals surface area contributed by atoms with Gasteiger partial charge in [-0.15, -0.1) is 0 Å². The summed E-state index contributed by atoms with van der Waals surface area (Å²) >= 11 is 5.83. The zero-order valence-corrected chi connectivity index (χ0v) is 18.1. The number of benzene rings is 2. The molecule has 3 rings (SSSR count). The van der Waals surface area contributed by atoms with Gasteiger partial charge in [-0.3, -0.25) is 4.79 Å². The van der Waals surface area contributed by atoms with E-state index in [4.69, 9.17) is 11.6 Å². The van der Waals surface area contributed by atoms with E-state index in [-0.39, 0.29) is 24.7 Å². The Labute approximate surface area is 184 Å². The topological polar surface area (TPSA) is 66.5 Å². The number of nitrogens with zero attached hydrogens (tertiary/aromatic N) is 1. The number of carbonyl (C=O) groups is 1. The van der Waals surface area contributed by atoms with Gasteiger partial charge >= 0.3 is 6.18 Å². The molecular formula is C21H22ClF3N2O3S. The maximum Gasteiger partial charge on any atom is 0.416 e. The molecule has 10 heteroatoms. The second-order valence-corrected chi connectivity index (χ2v) is 9.90. The lowest BCUT2D eigenvalue weighted by Gasteiger charge is -2.31. The first-order valence-electron chi connectivity index (χ1n) is 9.71. The molecule has 0 spiro atoms. The number of carbonyl (C=O) groups excluding carboxylic acids is 1. The minimum absolute atomic E-state index is 0.0460. The van der Waals surface area contributed by atoms with Crippen molar-refractivity contribution in [2.24, 2.45) is 5.92 Å². The summed E-state index contributed by atoms with van der Waals surface area (Å²) in [7, 11) is -3.62. The number of amides is 1. The van der Waals surface area contributed by atoms with Gasteiger partial charge in [-0.1, -0.05) is 35.9 Å². The van der Waals surface area contributed by atoms with Gasteiger partial charge in [0.15, 0.2) is 0 Å². The van der Waals surface area contributed by atoms with Crippen LogP contribution in [-0.4, -0.2) is 31.7 Å². The van der Waals surface area contributed by atoms with E-state index in [1.807, 2.05) is 0 Å². The fourth-order valence-electron chi connectivity index (χ4n) is 3.48. The molecule has 5 nitrogen and oxygen atoms in total. The Hall–Kier alpha value is -2.10. The predicted octanol–water partition coefficient (Wildman–Crippen LogP) is 4.22. The fourth-order valence-corrected chi connectivity index (χ4v) is 5.22. The molecule has 0 aliphatic carbocycles. The van der Waals surface area contributed by atoms with Crippen molar-refractivity contribution >= 4 is 27.5 Å². The Bertz CT molecular complexity index is 1030. The fraction of sp³-hybridized carbons (Fsp3) is 0.381. The van der Waals surface area contributed by atoms with Crippen molar-refractivity contribution in [2.75, 3.05) is 13.1 Å². The molecular weight excluding hydrogens is 453 g/mol. The van der Waals surface area contributed by atoms with Crippen LogP contribution in [0.5, 0.6) is 0 Å². The molecule has 0 bridgehead atoms. The van der Waals surface area contributed by atoms with Crippen LogP contribution in [-0.2, 0) is 33.3 Å². The molecule has 0 aromatic heterocycles. The second-order valence-electron chi connectivity index (χ2n) is 7.50. The lowest BCUT2D eigenvalue weighted by atomic mass is 9.98. The zero-order chi connectivity index (χ0) is 22.6. The first-order chi connectivity index (χ1) is 14.5. The number of hydrogen-bond donors (Lipinski definition) is 1. The standard InChI is InChI=1S/C21H22ClF3N2O3S/c22-19-8-6-15(7-9-19)14-31(29,30)27-10-2-4-17(13-27)20(28)26-12-16-3-1-5-18(11-16)21(23,24)25/h1,3,5-9,11,17H,2,4,10,12-14H2,(H,26,28)/t17-/m1/s1. The van der Waals surface area contributed by atoms with Crippen molar-refractivity contribution in [3.05, 3.63) is 70.2 Å². The van der Waals surface area contributed by atoms with Gasteiger partial charge in [-0.05, 0) is 48.2 Å². The Morgan fingerprint density at radius 1 is 1.13 bits per heavy atom. The summed E-state index contributed by atoms with van der Waals surface area (Å²) in [6, 6.07) is 11.3. The average molecular weight is 475 g/mol. The van der Waals surface area contributed by atoms with Crippen molar-refractivity contribution in [2.45, 2.75) is 31.3 Å². The molecule has 1 saturated heterocycles. The molecule has 1 aliphatic rings. The molecule has 168 valence electrons. The van der Waals surface area contributed by atoms with Crippen LogP contribution >= 0.6 is 11.6 Å². The normalized spacial score (nSPS) is 18.0. The lowest BCUT2D eigenvalue weighted by Crippen LogP contribution is -2.45. The zero-order valence-electron chi connectivity index (χ0n) is 16.5. The van der Waals surface area contributed by atoms with Gasteiger partial charge in [-0.2, -0.15) is 13.2 Å². The van der Waals surface area contributed by atoms with Crippen LogP contribution in [0.3, 0.4) is 0 Å². The molecule has 1 heterocycles. The van der Waals surface area contributed by atoms with Gasteiger partial charge < -0.3 is 5.32 Å². The highest BCUT2D eigenvalue weighted by atomic mass is 35.5. The van der Waals surface area contributed by atoms with Crippen LogP contribution in [0.4, 0.5) is 13.2 Å². The summed E-state index contributed by atoms with van der Waals surface area (Å²) in [4.78, 5) is 12.6. The minimum atomic E-state index is -4.46. The van der Waals surface area contributed by atoms with Gasteiger partial charge in [0, 0.05) is 24.7 Å². The molecule has 2 aromatic rings. The number of hydrogen-bond acceptors (Lipinski definition) is 3. The van der Waals surface area contributed by atoms with E-state index >= 15 is 0 Å². The Kier molecular flexibility index (Phi) is 7.28. The minimum Gasteiger partial charge on any atom is -0.352 e. The number of sulfonamides is 1. The average Bonchev–Trinajstić information content (AvgIpc) is 2.73. The first kappa shape index (κ1) is 23.6. The van der Waals surface area contributed by atoms with Crippen molar-refractivity contribution < 1.29 is 26.4 Å². The van der Waals surface area contributed by atoms with Crippen LogP contribution in [0.15, 0.2) is 48.5 Å². The molecule has 2 aromatic carbocycles. The Morgan fingerprint density at radius 2 is 1.84 bits per heavy atom. The molecule has 1 N–H and O–H groups in total. The molecule has 1 fully saturated rings. The van der Waals surface area contributed by atoms with Crippen LogP contribution in [0.1, 0.15) is 29.5 Å². The summed E-state index contributed by atoms with van der Waals surface area (Å²) in [6.07, 6.45) is -3.41. The van der Waals surface area contributed by atoms with Gasteiger partial charge in [0.1, 0.15) is 0 Å². The van der Waals surface area contributed by atoms with E-state index < -0.39 is 27.7 Å². The van der Waals surface area contributed by atoms with Crippen LogP contribution in [0.2, 0.25) is 5.02 Å². The van der Waals surface area contributed by atoms with Crippen molar-refractivity contribution in [1.82, 2.24) is 9.62 Å². The van der Waals surface area contributed by atoms with Gasteiger partial charge in [-0.25, -0.2) is 12.7 Å². The third-order valence-corrected chi connectivity index (χ3v) is 7.20. The SMILES string of the molecule is O=C(NCc1cccc(C(F)(F)F)c1)[C@@H]1CCCN(S(=O)(=O)Cc2ccc(Cl)cc2)C1. The van der Waals surface area contributed by atoms with E-state index in [0.29, 0.717) is 35.5 Å². The Morgan fingerprint density at radius 3 is 2.52 bits per heavy atom. The van der Waals surface area contributed by atoms with E-state index in [9.17, 15) is 26.4 Å². The van der Waals surface area contributed by atoms with E-state index in [2.05, 4.69) is 5.32 Å². The number of rotatable bonds is 6. The first-order valence-corrected chi connectivity index (χ1v) is 11.7. The Balaban J connectivity index is 1.59. The highest BCUT2D eigenvalue weighted by Gasteiger charge is 2.33. The number of nitrogens with one attached hydrogen (secondary N) is 1. The van der Waals surface area contributed by atoms with E-state index in [1.165, 1.54) is 16.4 Å². The molecule has 0 unspecified atom stereocenters. The van der Waals surface area contributed by atoms with Crippen LogP contribution < -0.4 is 5.32 Å². The molecule has 1 aliphatic heterocycles. The third kappa shape index (κ3) is 6.44. The van der Waals surface area contributed by atoms with Crippen molar-refractivity contribution in [3.8, 4) is 0 Å². The molecule has 1 atom stereocenters. The third-order valence-electron chi connectivity index (χ3n) is 5.13. The van der Waals surface area contributed by atoms with Crippen molar-refractivity contribution in [1.29, 1.82) is 0 Å². The summed E-state index contributed by atoms with van der Waals surface area (Å²) < 4.78 is 65.3. The molecule has 1 amide bonds. The summed E-state index contributed by atoms with van der Waals surface area (Å²) in [5.74, 6) is -1.12. The van der Waals surface area contributed by atoms with Gasteiger partial charge in [0.05, 0.1) is 17.2 Å². The van der Waals surface area contributed by atoms with Gasteiger partial charge in [0.2, 0.25) is 15.9 Å². The van der Waals surface area contributed by atoms with Crippen molar-refractivity contribution in [3.63, 3.8) is 0 Å². The smallest absolute Gasteiger partial charge is 0.352 e. The maximum absolute atomic E-state index is 12.8. The number of halogens is 4. The van der Waals surface area contributed by atoms with Gasteiger partial charge in [0.25, 0.3) is 0 Å². The summed E-state index contributed by atoms with van der Waals surface area (Å²) in [6.45, 7) is 0.314. The monoisotopic (exact) mass is 474 g/mol. The second kappa shape index (κ2) is 9.58. The molecule has 0 radical (unpaired) electrons. The van der Waals surface area contributed by atoms with Crippen LogP contribution in [0.25, 0.3) is 0 Å². The highest BCUT2D eigenvalue weighted by molar-refractivity contribution is 7.88. The quantitative estimate of drug-likeness (QED) is 0.681. The maximum atomic E-state index is 12.8. The molecule has 31 heavy (non-hydrogen) atoms. The van der Waals surface area contributed by atoms with E-state index in [0.717, 1.165) is 12.1 Å². The van der Waals surface area contributed by atoms with Crippen LogP contribution in [0, 0.1) is 5.92 Å². The highest BCUT2D eigenvalue weighted by Crippen LogP contribution is 2.29. The molecule has 0 saturated carbocycles. The lowest BCUT2D eigenvalue weighted by molar-refractivity contribution is -0.137. The number of alkyl halides is 3. The van der Waals surface area contributed by atoms with E-state index in [1.54, 1.807) is 24.3 Å². The predicted molar refractivity (Wildman–Crippen MR) is 112 cm³/mol.